The highest BCUT2D eigenvalue weighted by atomic mass is 32.2. The van der Waals surface area contributed by atoms with E-state index in [0.717, 1.165) is 20.7 Å². The fraction of sp³-hybridized carbons (Fsp3) is 0.0667. The Balaban J connectivity index is 1.59. The summed E-state index contributed by atoms with van der Waals surface area (Å²) in [6, 6.07) is 7.57. The van der Waals surface area contributed by atoms with Crippen LogP contribution in [0.15, 0.2) is 58.3 Å². The van der Waals surface area contributed by atoms with Gasteiger partial charge in [-0.1, -0.05) is 0 Å². The van der Waals surface area contributed by atoms with E-state index in [-0.39, 0.29) is 5.91 Å². The largest absolute Gasteiger partial charge is 0.323 e. The second-order valence-electron chi connectivity index (χ2n) is 4.54. The number of nitrogens with one attached hydrogen (secondary N) is 1. The van der Waals surface area contributed by atoms with Crippen molar-refractivity contribution < 1.29 is 4.79 Å². The highest BCUT2D eigenvalue weighted by Crippen LogP contribution is 2.26. The van der Waals surface area contributed by atoms with Crippen molar-refractivity contribution >= 4 is 40.8 Å². The first-order chi connectivity index (χ1) is 11.2. The van der Waals surface area contributed by atoms with Crippen molar-refractivity contribution in [3.05, 3.63) is 53.3 Å². The summed E-state index contributed by atoms with van der Waals surface area (Å²) in [7, 11) is 1.89. The molecule has 0 aliphatic carbocycles. The third-order valence-electron chi connectivity index (χ3n) is 2.83. The summed E-state index contributed by atoms with van der Waals surface area (Å²) in [5.74, 6) is -0.186. The summed E-state index contributed by atoms with van der Waals surface area (Å²) < 4.78 is 1.85. The molecule has 1 amide bonds. The van der Waals surface area contributed by atoms with E-state index in [1.54, 1.807) is 18.6 Å². The lowest BCUT2D eigenvalue weighted by Gasteiger charge is -2.04. The summed E-state index contributed by atoms with van der Waals surface area (Å²) >= 11 is 3.00. The highest BCUT2D eigenvalue weighted by Gasteiger charge is 2.04. The molecule has 1 aromatic carbocycles. The third-order valence-corrected chi connectivity index (χ3v) is 4.63. The number of carbonyl (C=O) groups is 1. The summed E-state index contributed by atoms with van der Waals surface area (Å²) in [6.07, 6.45) is 6.53. The summed E-state index contributed by atoms with van der Waals surface area (Å²) in [5, 5.41) is 14.2. The van der Waals surface area contributed by atoms with Crippen molar-refractivity contribution in [3.63, 3.8) is 0 Å². The molecule has 0 atom stereocenters. The zero-order valence-electron chi connectivity index (χ0n) is 12.2. The van der Waals surface area contributed by atoms with Gasteiger partial charge in [0, 0.05) is 35.3 Å². The van der Waals surface area contributed by atoms with Crippen LogP contribution >= 0.6 is 23.1 Å². The van der Waals surface area contributed by atoms with Gasteiger partial charge in [0.1, 0.15) is 11.3 Å². The predicted molar refractivity (Wildman–Crippen MR) is 91.3 cm³/mol. The smallest absolute Gasteiger partial charge is 0.248 e. The Morgan fingerprint density at radius 3 is 2.83 bits per heavy atom. The van der Waals surface area contributed by atoms with Crippen LogP contribution in [0.3, 0.4) is 0 Å². The molecule has 0 bridgehead atoms. The number of thiazole rings is 1. The Morgan fingerprint density at radius 2 is 2.17 bits per heavy atom. The first kappa shape index (κ1) is 15.4. The molecule has 6 nitrogen and oxygen atoms in total. The minimum Gasteiger partial charge on any atom is -0.323 e. The standard InChI is InChI=1S/C15H13N5OS2/c1-20-10-17-19-15(20)23-12-4-2-11(3-5-12)18-13(21)6-7-14-16-8-9-22-14/h2-10H,1H3,(H,18,21)/b7-6+. The van der Waals surface area contributed by atoms with Gasteiger partial charge in [0.25, 0.3) is 0 Å². The van der Waals surface area contributed by atoms with E-state index >= 15 is 0 Å². The van der Waals surface area contributed by atoms with Gasteiger partial charge in [0.2, 0.25) is 5.91 Å². The van der Waals surface area contributed by atoms with Crippen LogP contribution in [-0.2, 0) is 11.8 Å². The van der Waals surface area contributed by atoms with Gasteiger partial charge in [0.05, 0.1) is 0 Å². The molecule has 2 heterocycles. The number of hydrogen-bond acceptors (Lipinski definition) is 6. The molecule has 0 radical (unpaired) electrons. The topological polar surface area (TPSA) is 72.7 Å². The van der Waals surface area contributed by atoms with Gasteiger partial charge in [-0.15, -0.1) is 21.5 Å². The molecule has 0 saturated carbocycles. The Bertz CT molecular complexity index is 809. The van der Waals surface area contributed by atoms with Crippen LogP contribution < -0.4 is 5.32 Å². The Morgan fingerprint density at radius 1 is 1.35 bits per heavy atom. The molecule has 2 aromatic heterocycles. The van der Waals surface area contributed by atoms with Crippen LogP contribution in [0.4, 0.5) is 5.69 Å². The second-order valence-corrected chi connectivity index (χ2v) is 6.51. The average Bonchev–Trinajstić information content (AvgIpc) is 3.20. The third kappa shape index (κ3) is 4.27. The number of nitrogens with zero attached hydrogens (tertiary/aromatic N) is 4. The number of hydrogen-bond donors (Lipinski definition) is 1. The molecule has 23 heavy (non-hydrogen) atoms. The number of carbonyl (C=O) groups excluding carboxylic acids is 1. The van der Waals surface area contributed by atoms with Crippen LogP contribution in [-0.4, -0.2) is 25.7 Å². The van der Waals surface area contributed by atoms with Crippen molar-refractivity contribution in [3.8, 4) is 0 Å². The average molecular weight is 343 g/mol. The van der Waals surface area contributed by atoms with E-state index < -0.39 is 0 Å². The van der Waals surface area contributed by atoms with E-state index in [4.69, 9.17) is 0 Å². The molecular weight excluding hydrogens is 330 g/mol. The fourth-order valence-corrected chi connectivity index (χ4v) is 3.02. The van der Waals surface area contributed by atoms with E-state index in [2.05, 4.69) is 20.5 Å². The minimum atomic E-state index is -0.186. The van der Waals surface area contributed by atoms with Crippen molar-refractivity contribution in [1.29, 1.82) is 0 Å². The number of aromatic nitrogens is 4. The second kappa shape index (κ2) is 7.21. The molecule has 3 rings (SSSR count). The first-order valence-corrected chi connectivity index (χ1v) is 8.41. The molecule has 0 aliphatic heterocycles. The summed E-state index contributed by atoms with van der Waals surface area (Å²) in [4.78, 5) is 17.0. The van der Waals surface area contributed by atoms with Crippen LogP contribution in [0.1, 0.15) is 5.01 Å². The number of aryl methyl sites for hydroxylation is 1. The minimum absolute atomic E-state index is 0.186. The van der Waals surface area contributed by atoms with Gasteiger partial charge in [-0.25, -0.2) is 4.98 Å². The normalized spacial score (nSPS) is 11.0. The molecule has 0 unspecified atom stereocenters. The summed E-state index contributed by atoms with van der Waals surface area (Å²) in [6.45, 7) is 0. The van der Waals surface area contributed by atoms with Gasteiger partial charge >= 0.3 is 0 Å². The maximum absolute atomic E-state index is 11.8. The zero-order chi connectivity index (χ0) is 16.1. The molecule has 8 heteroatoms. The molecule has 0 saturated heterocycles. The molecule has 0 fully saturated rings. The molecular formula is C15H13N5OS2. The first-order valence-electron chi connectivity index (χ1n) is 6.71. The maximum Gasteiger partial charge on any atom is 0.248 e. The van der Waals surface area contributed by atoms with E-state index in [1.807, 2.05) is 41.3 Å². The quantitative estimate of drug-likeness (QED) is 0.721. The lowest BCUT2D eigenvalue weighted by atomic mass is 10.3. The van der Waals surface area contributed by atoms with Crippen molar-refractivity contribution in [2.75, 3.05) is 5.32 Å². The van der Waals surface area contributed by atoms with Crippen molar-refractivity contribution in [1.82, 2.24) is 19.7 Å². The molecule has 3 aromatic rings. The van der Waals surface area contributed by atoms with Crippen LogP contribution in [0.2, 0.25) is 0 Å². The Labute approximate surface area is 141 Å². The monoisotopic (exact) mass is 343 g/mol. The van der Waals surface area contributed by atoms with Crippen LogP contribution in [0, 0.1) is 0 Å². The lowest BCUT2D eigenvalue weighted by molar-refractivity contribution is -0.111. The van der Waals surface area contributed by atoms with Gasteiger partial charge in [-0.05, 0) is 42.1 Å². The van der Waals surface area contributed by atoms with Crippen molar-refractivity contribution in [2.24, 2.45) is 7.05 Å². The number of benzene rings is 1. The number of anilines is 1. The highest BCUT2D eigenvalue weighted by molar-refractivity contribution is 7.99. The Hall–Kier alpha value is -2.45. The van der Waals surface area contributed by atoms with Crippen LogP contribution in [0.5, 0.6) is 0 Å². The van der Waals surface area contributed by atoms with Gasteiger partial charge in [0.15, 0.2) is 5.16 Å². The van der Waals surface area contributed by atoms with E-state index in [1.165, 1.54) is 29.2 Å². The van der Waals surface area contributed by atoms with Gasteiger partial charge < -0.3 is 9.88 Å². The molecule has 1 N–H and O–H groups in total. The summed E-state index contributed by atoms with van der Waals surface area (Å²) in [5.41, 5.74) is 0.737. The Kier molecular flexibility index (Phi) is 4.84. The predicted octanol–water partition coefficient (Wildman–Crippen LogP) is 3.07. The van der Waals surface area contributed by atoms with Gasteiger partial charge in [-0.3, -0.25) is 4.79 Å². The van der Waals surface area contributed by atoms with E-state index in [9.17, 15) is 4.79 Å². The van der Waals surface area contributed by atoms with Crippen LogP contribution in [0.25, 0.3) is 6.08 Å². The van der Waals surface area contributed by atoms with Gasteiger partial charge in [-0.2, -0.15) is 0 Å². The SMILES string of the molecule is Cn1cnnc1Sc1ccc(NC(=O)/C=C/c2nccs2)cc1. The molecule has 116 valence electrons. The maximum atomic E-state index is 11.8. The molecule has 0 aliphatic rings. The molecule has 0 spiro atoms. The zero-order valence-corrected chi connectivity index (χ0v) is 13.8. The lowest BCUT2D eigenvalue weighted by Crippen LogP contribution is -2.07. The fourth-order valence-electron chi connectivity index (χ4n) is 1.72. The number of rotatable bonds is 5. The van der Waals surface area contributed by atoms with Crippen molar-refractivity contribution in [2.45, 2.75) is 10.1 Å². The van der Waals surface area contributed by atoms with E-state index in [0.29, 0.717) is 0 Å². The number of amides is 1.